The number of oxazole rings is 1. The Kier molecular flexibility index (Phi) is 3.82. The largest absolute Gasteiger partial charge is 0.486 e. The fourth-order valence-electron chi connectivity index (χ4n) is 3.16. The van der Waals surface area contributed by atoms with Gasteiger partial charge in [0.25, 0.3) is 0 Å². The first-order valence-corrected chi connectivity index (χ1v) is 8.09. The lowest BCUT2D eigenvalue weighted by atomic mass is 9.92. The van der Waals surface area contributed by atoms with Crippen LogP contribution in [0.25, 0.3) is 0 Å². The number of rotatable bonds is 4. The maximum Gasteiger partial charge on any atom is 0.191 e. The number of aryl methyl sites for hydroxylation is 2. The monoisotopic (exact) mass is 324 g/mol. The molecule has 1 aliphatic heterocycles. The molecule has 0 radical (unpaired) electrons. The summed E-state index contributed by atoms with van der Waals surface area (Å²) in [6, 6.07) is 8.18. The second-order valence-corrected chi connectivity index (χ2v) is 6.05. The van der Waals surface area contributed by atoms with Crippen LogP contribution < -0.4 is 10.1 Å². The van der Waals surface area contributed by atoms with Crippen LogP contribution in [0.2, 0.25) is 0 Å². The zero-order valence-corrected chi connectivity index (χ0v) is 13.8. The normalized spacial score (nSPS) is 16.8. The van der Waals surface area contributed by atoms with Gasteiger partial charge in [0.2, 0.25) is 0 Å². The number of aromatic amines is 1. The van der Waals surface area contributed by atoms with Gasteiger partial charge in [-0.2, -0.15) is 0 Å². The third-order valence-electron chi connectivity index (χ3n) is 4.36. The average Bonchev–Trinajstić information content (AvgIpc) is 3.19. The summed E-state index contributed by atoms with van der Waals surface area (Å²) < 4.78 is 11.5. The number of fused-ring (bicyclic) bond motifs is 1. The summed E-state index contributed by atoms with van der Waals surface area (Å²) in [6.45, 7) is 5.87. The van der Waals surface area contributed by atoms with E-state index in [1.54, 1.807) is 6.33 Å². The second kappa shape index (κ2) is 6.13. The van der Waals surface area contributed by atoms with Crippen LogP contribution in [-0.4, -0.2) is 21.5 Å². The summed E-state index contributed by atoms with van der Waals surface area (Å²) in [5.41, 5.74) is 4.35. The Morgan fingerprint density at radius 1 is 1.33 bits per heavy atom. The van der Waals surface area contributed by atoms with Crippen LogP contribution in [0.1, 0.15) is 40.2 Å². The first kappa shape index (κ1) is 15.0. The molecule has 3 aromatic rings. The van der Waals surface area contributed by atoms with Gasteiger partial charge in [0, 0.05) is 25.9 Å². The summed E-state index contributed by atoms with van der Waals surface area (Å²) in [6.07, 6.45) is 1.76. The number of ether oxygens (including phenoxy) is 1. The minimum Gasteiger partial charge on any atom is -0.486 e. The highest BCUT2D eigenvalue weighted by molar-refractivity contribution is 5.38. The Labute approximate surface area is 140 Å². The van der Waals surface area contributed by atoms with Crippen LogP contribution in [0.4, 0.5) is 0 Å². The molecule has 0 spiro atoms. The third-order valence-corrected chi connectivity index (χ3v) is 4.36. The van der Waals surface area contributed by atoms with Crippen molar-refractivity contribution >= 4 is 0 Å². The molecule has 1 aliphatic rings. The predicted octanol–water partition coefficient (Wildman–Crippen LogP) is 2.83. The highest BCUT2D eigenvalue weighted by atomic mass is 16.5. The summed E-state index contributed by atoms with van der Waals surface area (Å²) in [7, 11) is 0. The van der Waals surface area contributed by atoms with Gasteiger partial charge in [-0.15, -0.1) is 0 Å². The summed E-state index contributed by atoms with van der Waals surface area (Å²) in [5.74, 6) is 2.49. The van der Waals surface area contributed by atoms with Crippen molar-refractivity contribution in [2.45, 2.75) is 32.9 Å². The Balaban J connectivity index is 1.53. The van der Waals surface area contributed by atoms with Crippen molar-refractivity contribution in [1.82, 2.24) is 20.3 Å². The number of nitrogens with one attached hydrogen (secondary N) is 2. The van der Waals surface area contributed by atoms with E-state index in [9.17, 15) is 0 Å². The number of nitrogens with zero attached hydrogens (tertiary/aromatic N) is 2. The average molecular weight is 324 g/mol. The van der Waals surface area contributed by atoms with Gasteiger partial charge in [0.15, 0.2) is 11.7 Å². The molecule has 24 heavy (non-hydrogen) atoms. The van der Waals surface area contributed by atoms with Gasteiger partial charge in [-0.05, 0) is 24.6 Å². The molecule has 124 valence electrons. The van der Waals surface area contributed by atoms with Crippen LogP contribution in [0.5, 0.6) is 5.75 Å². The molecule has 0 bridgehead atoms. The van der Waals surface area contributed by atoms with Crippen molar-refractivity contribution in [3.8, 4) is 5.75 Å². The SMILES string of the molecule is Cc1nc(C)c(COc2cccc(C3CNCc4[nH]cnc43)c2)o1. The summed E-state index contributed by atoms with van der Waals surface area (Å²) in [4.78, 5) is 12.0. The molecule has 3 heterocycles. The first-order chi connectivity index (χ1) is 11.7. The van der Waals surface area contributed by atoms with Gasteiger partial charge >= 0.3 is 0 Å². The minimum absolute atomic E-state index is 0.234. The molecule has 4 rings (SSSR count). The van der Waals surface area contributed by atoms with E-state index >= 15 is 0 Å². The molecular weight excluding hydrogens is 304 g/mol. The van der Waals surface area contributed by atoms with E-state index in [0.717, 1.165) is 41.7 Å². The number of imidazole rings is 1. The number of hydrogen-bond donors (Lipinski definition) is 2. The highest BCUT2D eigenvalue weighted by Gasteiger charge is 2.24. The smallest absolute Gasteiger partial charge is 0.191 e. The maximum atomic E-state index is 5.90. The van der Waals surface area contributed by atoms with Gasteiger partial charge in [-0.25, -0.2) is 9.97 Å². The zero-order chi connectivity index (χ0) is 16.5. The molecule has 1 unspecified atom stereocenters. The molecule has 1 aromatic carbocycles. The molecular formula is C18H20N4O2. The van der Waals surface area contributed by atoms with Crippen molar-refractivity contribution in [2.75, 3.05) is 6.54 Å². The van der Waals surface area contributed by atoms with E-state index < -0.39 is 0 Å². The molecule has 0 fully saturated rings. The van der Waals surface area contributed by atoms with Crippen molar-refractivity contribution in [1.29, 1.82) is 0 Å². The predicted molar refractivity (Wildman–Crippen MR) is 88.9 cm³/mol. The third kappa shape index (κ3) is 2.80. The molecule has 2 N–H and O–H groups in total. The standard InChI is InChI=1S/C18H20N4O2/c1-11-17(24-12(2)22-11)9-23-14-5-3-4-13(6-14)15-7-19-8-16-18(15)21-10-20-16/h3-6,10,15,19H,7-9H2,1-2H3,(H,20,21). The van der Waals surface area contributed by atoms with Crippen molar-refractivity contribution in [3.05, 3.63) is 64.9 Å². The van der Waals surface area contributed by atoms with Gasteiger partial charge < -0.3 is 19.5 Å². The van der Waals surface area contributed by atoms with E-state index in [4.69, 9.17) is 9.15 Å². The molecule has 0 amide bonds. The molecule has 6 nitrogen and oxygen atoms in total. The first-order valence-electron chi connectivity index (χ1n) is 8.09. The fraction of sp³-hybridized carbons (Fsp3) is 0.333. The van der Waals surface area contributed by atoms with Gasteiger partial charge in [0.1, 0.15) is 12.4 Å². The molecule has 6 heteroatoms. The lowest BCUT2D eigenvalue weighted by Gasteiger charge is -2.23. The van der Waals surface area contributed by atoms with Gasteiger partial charge in [0.05, 0.1) is 23.4 Å². The zero-order valence-electron chi connectivity index (χ0n) is 13.8. The van der Waals surface area contributed by atoms with Crippen LogP contribution in [-0.2, 0) is 13.2 Å². The van der Waals surface area contributed by atoms with E-state index in [2.05, 4.69) is 32.4 Å². The summed E-state index contributed by atoms with van der Waals surface area (Å²) in [5, 5.41) is 3.43. The van der Waals surface area contributed by atoms with Crippen LogP contribution in [0, 0.1) is 13.8 Å². The van der Waals surface area contributed by atoms with Gasteiger partial charge in [-0.3, -0.25) is 0 Å². The topological polar surface area (TPSA) is 76.0 Å². The molecule has 1 atom stereocenters. The minimum atomic E-state index is 0.234. The number of benzene rings is 1. The quantitative estimate of drug-likeness (QED) is 0.772. The van der Waals surface area contributed by atoms with Crippen molar-refractivity contribution in [3.63, 3.8) is 0 Å². The number of hydrogen-bond acceptors (Lipinski definition) is 5. The van der Waals surface area contributed by atoms with Gasteiger partial charge in [-0.1, -0.05) is 12.1 Å². The number of H-pyrrole nitrogens is 1. The Morgan fingerprint density at radius 3 is 3.08 bits per heavy atom. The fourth-order valence-corrected chi connectivity index (χ4v) is 3.16. The Bertz CT molecular complexity index is 852. The van der Waals surface area contributed by atoms with Crippen LogP contribution >= 0.6 is 0 Å². The van der Waals surface area contributed by atoms with E-state index in [1.807, 2.05) is 26.0 Å². The van der Waals surface area contributed by atoms with Crippen molar-refractivity contribution < 1.29 is 9.15 Å². The van der Waals surface area contributed by atoms with E-state index in [0.29, 0.717) is 12.5 Å². The lowest BCUT2D eigenvalue weighted by Crippen LogP contribution is -2.28. The molecule has 0 aliphatic carbocycles. The van der Waals surface area contributed by atoms with E-state index in [1.165, 1.54) is 5.56 Å². The van der Waals surface area contributed by atoms with Crippen LogP contribution in [0.15, 0.2) is 35.0 Å². The number of aromatic nitrogens is 3. The molecule has 0 saturated heterocycles. The van der Waals surface area contributed by atoms with E-state index in [-0.39, 0.29) is 5.92 Å². The summed E-state index contributed by atoms with van der Waals surface area (Å²) >= 11 is 0. The molecule has 2 aromatic heterocycles. The highest BCUT2D eigenvalue weighted by Crippen LogP contribution is 2.30. The van der Waals surface area contributed by atoms with Crippen LogP contribution in [0.3, 0.4) is 0 Å². The maximum absolute atomic E-state index is 5.90. The second-order valence-electron chi connectivity index (χ2n) is 6.05. The Hall–Kier alpha value is -2.60. The Morgan fingerprint density at radius 2 is 2.25 bits per heavy atom. The molecule has 0 saturated carbocycles. The van der Waals surface area contributed by atoms with Crippen molar-refractivity contribution in [2.24, 2.45) is 0 Å². The lowest BCUT2D eigenvalue weighted by molar-refractivity contribution is 0.266.